The molecule has 37 heavy (non-hydrogen) atoms. The van der Waals surface area contributed by atoms with Crippen molar-refractivity contribution in [2.75, 3.05) is 0 Å². The van der Waals surface area contributed by atoms with Gasteiger partial charge in [-0.3, -0.25) is 4.79 Å². The fraction of sp³-hybridized carbons (Fsp3) is 0.462. The first-order valence-corrected chi connectivity index (χ1v) is 11.8. The lowest BCUT2D eigenvalue weighted by Crippen LogP contribution is -2.60. The number of nitriles is 1. The van der Waals surface area contributed by atoms with Crippen LogP contribution < -0.4 is 10.1 Å². The number of carbonyl (C=O) groups is 1. The van der Waals surface area contributed by atoms with Crippen LogP contribution in [0.25, 0.3) is 0 Å². The molecule has 4 atom stereocenters. The molecule has 8 nitrogen and oxygen atoms in total. The molecule has 198 valence electrons. The van der Waals surface area contributed by atoms with Gasteiger partial charge in [0, 0.05) is 18.9 Å². The van der Waals surface area contributed by atoms with E-state index in [1.807, 2.05) is 0 Å². The molecular weight excluding hydrogens is 493 g/mol. The number of halogens is 3. The summed E-state index contributed by atoms with van der Waals surface area (Å²) in [6.07, 6.45) is -7.30. The Kier molecular flexibility index (Phi) is 8.04. The van der Waals surface area contributed by atoms with Crippen molar-refractivity contribution in [3.63, 3.8) is 0 Å². The Balaban J connectivity index is 1.51. The number of nitrogens with one attached hydrogen (secondary N) is 1. The number of aliphatic hydroxyl groups is 2. The minimum Gasteiger partial charge on any atom is -0.406 e. The number of ether oxygens (including phenoxy) is 3. The maximum Gasteiger partial charge on any atom is 0.573 e. The summed E-state index contributed by atoms with van der Waals surface area (Å²) in [5, 5.41) is 33.6. The van der Waals surface area contributed by atoms with Gasteiger partial charge in [0.15, 0.2) is 5.60 Å². The fourth-order valence-corrected chi connectivity index (χ4v) is 4.31. The monoisotopic (exact) mass is 520 g/mol. The molecule has 0 aromatic heterocycles. The number of benzene rings is 2. The Morgan fingerprint density at radius 3 is 2.57 bits per heavy atom. The largest absolute Gasteiger partial charge is 0.573 e. The maximum atomic E-state index is 13.3. The van der Waals surface area contributed by atoms with Gasteiger partial charge in [0.1, 0.15) is 11.9 Å². The number of alkyl halides is 3. The van der Waals surface area contributed by atoms with Gasteiger partial charge in [0.05, 0.1) is 37.1 Å². The summed E-state index contributed by atoms with van der Waals surface area (Å²) in [7, 11) is 0. The summed E-state index contributed by atoms with van der Waals surface area (Å²) < 4.78 is 53.5. The van der Waals surface area contributed by atoms with Gasteiger partial charge in [-0.1, -0.05) is 30.3 Å². The van der Waals surface area contributed by atoms with Crippen LogP contribution in [0.2, 0.25) is 0 Å². The summed E-state index contributed by atoms with van der Waals surface area (Å²) >= 11 is 0. The SMILES string of the molecule is N#Cc1ccccc1CO[C@]1(C(=O)NC2CC2)CC(OCc2cccc(OC(F)(F)F)c2)[C@H](O)[C@H](O)C1. The third-order valence-electron chi connectivity index (χ3n) is 6.41. The van der Waals surface area contributed by atoms with Gasteiger partial charge >= 0.3 is 6.36 Å². The van der Waals surface area contributed by atoms with E-state index in [1.165, 1.54) is 12.1 Å². The molecule has 0 spiro atoms. The minimum absolute atomic E-state index is 0.000830. The lowest BCUT2D eigenvalue weighted by molar-refractivity contribution is -0.274. The molecule has 2 saturated carbocycles. The van der Waals surface area contributed by atoms with Crippen molar-refractivity contribution in [3.05, 3.63) is 65.2 Å². The summed E-state index contributed by atoms with van der Waals surface area (Å²) in [5.41, 5.74) is -0.283. The Morgan fingerprint density at radius 2 is 1.86 bits per heavy atom. The highest BCUT2D eigenvalue weighted by Crippen LogP contribution is 2.37. The van der Waals surface area contributed by atoms with E-state index in [-0.39, 0.29) is 32.1 Å². The van der Waals surface area contributed by atoms with Crippen molar-refractivity contribution in [3.8, 4) is 11.8 Å². The zero-order valence-corrected chi connectivity index (χ0v) is 19.8. The van der Waals surface area contributed by atoms with Gasteiger partial charge in [0.2, 0.25) is 0 Å². The first-order valence-electron chi connectivity index (χ1n) is 11.8. The minimum atomic E-state index is -4.85. The normalized spacial score (nSPS) is 25.8. The Morgan fingerprint density at radius 1 is 1.11 bits per heavy atom. The second-order valence-corrected chi connectivity index (χ2v) is 9.31. The summed E-state index contributed by atoms with van der Waals surface area (Å²) in [6, 6.07) is 14.0. The van der Waals surface area contributed by atoms with E-state index in [4.69, 9.17) is 9.47 Å². The zero-order valence-electron chi connectivity index (χ0n) is 19.8. The summed E-state index contributed by atoms with van der Waals surface area (Å²) in [6.45, 7) is -0.296. The average Bonchev–Trinajstić information content (AvgIpc) is 3.67. The fourth-order valence-electron chi connectivity index (χ4n) is 4.31. The maximum absolute atomic E-state index is 13.3. The second-order valence-electron chi connectivity index (χ2n) is 9.31. The molecule has 0 aliphatic heterocycles. The first kappa shape index (κ1) is 26.9. The molecule has 11 heteroatoms. The first-order chi connectivity index (χ1) is 17.6. The van der Waals surface area contributed by atoms with Crippen LogP contribution in [0.4, 0.5) is 13.2 Å². The quantitative estimate of drug-likeness (QED) is 0.465. The van der Waals surface area contributed by atoms with E-state index in [0.29, 0.717) is 16.7 Å². The number of hydrogen-bond donors (Lipinski definition) is 3. The molecule has 2 aromatic rings. The highest BCUT2D eigenvalue weighted by atomic mass is 19.4. The molecule has 0 bridgehead atoms. The van der Waals surface area contributed by atoms with E-state index in [1.54, 1.807) is 24.3 Å². The molecule has 1 unspecified atom stereocenters. The Hall–Kier alpha value is -3.17. The van der Waals surface area contributed by atoms with E-state index < -0.39 is 41.9 Å². The lowest BCUT2D eigenvalue weighted by atomic mass is 9.78. The number of amides is 1. The average molecular weight is 521 g/mol. The van der Waals surface area contributed by atoms with E-state index in [2.05, 4.69) is 16.1 Å². The highest BCUT2D eigenvalue weighted by molar-refractivity contribution is 5.86. The molecule has 1 amide bonds. The molecule has 2 fully saturated rings. The van der Waals surface area contributed by atoms with Crippen LogP contribution in [0.1, 0.15) is 42.4 Å². The van der Waals surface area contributed by atoms with Crippen molar-refractivity contribution in [1.82, 2.24) is 5.32 Å². The molecule has 2 aromatic carbocycles. The van der Waals surface area contributed by atoms with Crippen LogP contribution in [-0.2, 0) is 27.5 Å². The number of aliphatic hydroxyl groups excluding tert-OH is 2. The van der Waals surface area contributed by atoms with Crippen molar-refractivity contribution >= 4 is 5.91 Å². The van der Waals surface area contributed by atoms with Crippen LogP contribution in [0.5, 0.6) is 5.75 Å². The number of carbonyl (C=O) groups excluding carboxylic acids is 1. The second kappa shape index (κ2) is 11.1. The molecule has 4 rings (SSSR count). The number of hydrogen-bond acceptors (Lipinski definition) is 7. The van der Waals surface area contributed by atoms with Crippen LogP contribution in [0, 0.1) is 11.3 Å². The van der Waals surface area contributed by atoms with Gasteiger partial charge in [0.25, 0.3) is 5.91 Å². The third-order valence-corrected chi connectivity index (χ3v) is 6.41. The van der Waals surface area contributed by atoms with Gasteiger partial charge in [-0.2, -0.15) is 5.26 Å². The highest BCUT2D eigenvalue weighted by Gasteiger charge is 2.52. The van der Waals surface area contributed by atoms with Gasteiger partial charge in [-0.25, -0.2) is 0 Å². The van der Waals surface area contributed by atoms with Crippen molar-refractivity contribution < 1.29 is 42.4 Å². The van der Waals surface area contributed by atoms with Gasteiger partial charge in [-0.15, -0.1) is 13.2 Å². The predicted octanol–water partition coefficient (Wildman–Crippen LogP) is 3.09. The van der Waals surface area contributed by atoms with E-state index in [9.17, 15) is 33.4 Å². The number of rotatable bonds is 9. The molecule has 0 radical (unpaired) electrons. The summed E-state index contributed by atoms with van der Waals surface area (Å²) in [4.78, 5) is 13.3. The standard InChI is InChI=1S/C26H27F3N2O6/c27-26(28,29)37-20-7-3-4-16(10-20)14-35-22-12-25(11-21(32)23(22)33,24(34)31-19-8-9-19)36-15-18-6-2-1-5-17(18)13-30/h1-7,10,19,21-23,32-33H,8-9,11-12,14-15H2,(H,31,34)/t21-,22?,23-,25+/m1/s1. The van der Waals surface area contributed by atoms with Gasteiger partial charge in [-0.05, 0) is 42.2 Å². The number of nitrogens with zero attached hydrogens (tertiary/aromatic N) is 1. The van der Waals surface area contributed by atoms with Crippen molar-refractivity contribution in [2.24, 2.45) is 0 Å². The molecule has 2 aliphatic rings. The molecular formula is C26H27F3N2O6. The van der Waals surface area contributed by atoms with Crippen molar-refractivity contribution in [2.45, 2.75) is 75.2 Å². The molecule has 0 heterocycles. The van der Waals surface area contributed by atoms with E-state index in [0.717, 1.165) is 25.0 Å². The lowest BCUT2D eigenvalue weighted by Gasteiger charge is -2.44. The van der Waals surface area contributed by atoms with Crippen LogP contribution >= 0.6 is 0 Å². The third kappa shape index (κ3) is 6.99. The molecule has 2 aliphatic carbocycles. The summed E-state index contributed by atoms with van der Waals surface area (Å²) in [5.74, 6) is -0.875. The van der Waals surface area contributed by atoms with Crippen molar-refractivity contribution in [1.29, 1.82) is 5.26 Å². The Bertz CT molecular complexity index is 1150. The zero-order chi connectivity index (χ0) is 26.6. The van der Waals surface area contributed by atoms with E-state index >= 15 is 0 Å². The molecule has 3 N–H and O–H groups in total. The van der Waals surface area contributed by atoms with Crippen LogP contribution in [-0.4, -0.2) is 52.4 Å². The topological polar surface area (TPSA) is 121 Å². The van der Waals surface area contributed by atoms with Crippen LogP contribution in [0.3, 0.4) is 0 Å². The predicted molar refractivity (Wildman–Crippen MR) is 123 cm³/mol. The van der Waals surface area contributed by atoms with Gasteiger partial charge < -0.3 is 29.7 Å². The smallest absolute Gasteiger partial charge is 0.406 e. The molecule has 0 saturated heterocycles. The van der Waals surface area contributed by atoms with Crippen LogP contribution in [0.15, 0.2) is 48.5 Å². The Labute approximate surface area is 211 Å².